The van der Waals surface area contributed by atoms with E-state index in [4.69, 9.17) is 0 Å². The fraction of sp³-hybridized carbons (Fsp3) is 0.333. The number of imidazole rings is 1. The fourth-order valence-corrected chi connectivity index (χ4v) is 2.07. The minimum absolute atomic E-state index is 0.519. The van der Waals surface area contributed by atoms with Gasteiger partial charge < -0.3 is 15.4 Å². The Morgan fingerprint density at radius 1 is 1.30 bits per heavy atom. The zero-order valence-corrected chi connectivity index (χ0v) is 11.2. The number of carboxylic acid groups (broad SMARTS) is 1. The maximum Gasteiger partial charge on any atom is 0.320 e. The van der Waals surface area contributed by atoms with Crippen LogP contribution in [-0.4, -0.2) is 33.6 Å². The fourth-order valence-electron chi connectivity index (χ4n) is 2.07. The van der Waals surface area contributed by atoms with Crippen LogP contribution in [0.1, 0.15) is 17.7 Å². The average Bonchev–Trinajstić information content (AvgIpc) is 2.96. The van der Waals surface area contributed by atoms with Gasteiger partial charge in [0, 0.05) is 19.2 Å². The van der Waals surface area contributed by atoms with Crippen molar-refractivity contribution in [3.8, 4) is 0 Å². The Bertz CT molecular complexity index is 511. The standard InChI is InChI=1S/C15H19N3O2/c19-15(20)14(7-6-12-4-2-1-3-5-12)17-9-8-13-10-16-11-18-13/h1-5,10-11,14,17H,6-9H2,(H,16,18)(H,19,20). The van der Waals surface area contributed by atoms with Crippen molar-refractivity contribution in [2.75, 3.05) is 6.54 Å². The number of aliphatic carboxylic acids is 1. The summed E-state index contributed by atoms with van der Waals surface area (Å²) >= 11 is 0. The van der Waals surface area contributed by atoms with E-state index in [1.54, 1.807) is 6.33 Å². The highest BCUT2D eigenvalue weighted by molar-refractivity contribution is 5.73. The molecule has 2 aromatic rings. The predicted octanol–water partition coefficient (Wildman–Crippen LogP) is 1.63. The SMILES string of the molecule is O=C(O)C(CCc1ccccc1)NCCc1c[nH]cn1. The number of H-pyrrole nitrogens is 1. The van der Waals surface area contributed by atoms with E-state index in [9.17, 15) is 9.90 Å². The molecule has 5 heteroatoms. The van der Waals surface area contributed by atoms with Crippen LogP contribution in [0.4, 0.5) is 0 Å². The molecule has 2 rings (SSSR count). The van der Waals surface area contributed by atoms with Gasteiger partial charge in [0.25, 0.3) is 0 Å². The van der Waals surface area contributed by atoms with Gasteiger partial charge >= 0.3 is 5.97 Å². The van der Waals surface area contributed by atoms with Gasteiger partial charge in [-0.2, -0.15) is 0 Å². The second-order valence-electron chi connectivity index (χ2n) is 4.68. The normalized spacial score (nSPS) is 12.2. The molecule has 1 atom stereocenters. The van der Waals surface area contributed by atoms with Gasteiger partial charge in [0.2, 0.25) is 0 Å². The van der Waals surface area contributed by atoms with Crippen molar-refractivity contribution in [2.45, 2.75) is 25.3 Å². The van der Waals surface area contributed by atoms with Gasteiger partial charge in [-0.3, -0.25) is 4.79 Å². The Morgan fingerprint density at radius 3 is 2.75 bits per heavy atom. The lowest BCUT2D eigenvalue weighted by atomic mass is 10.1. The zero-order valence-electron chi connectivity index (χ0n) is 11.2. The highest BCUT2D eigenvalue weighted by atomic mass is 16.4. The highest BCUT2D eigenvalue weighted by Gasteiger charge is 2.16. The number of benzene rings is 1. The number of hydrogen-bond donors (Lipinski definition) is 3. The number of aromatic amines is 1. The molecule has 0 aliphatic carbocycles. The Morgan fingerprint density at radius 2 is 2.10 bits per heavy atom. The third-order valence-electron chi connectivity index (χ3n) is 3.19. The molecule has 5 nitrogen and oxygen atoms in total. The van der Waals surface area contributed by atoms with Crippen LogP contribution in [0.3, 0.4) is 0 Å². The summed E-state index contributed by atoms with van der Waals surface area (Å²) in [6.45, 7) is 0.608. The van der Waals surface area contributed by atoms with Gasteiger partial charge in [-0.15, -0.1) is 0 Å². The van der Waals surface area contributed by atoms with Crippen molar-refractivity contribution < 1.29 is 9.90 Å². The van der Waals surface area contributed by atoms with E-state index in [2.05, 4.69) is 15.3 Å². The van der Waals surface area contributed by atoms with Crippen LogP contribution in [-0.2, 0) is 17.6 Å². The maximum atomic E-state index is 11.2. The van der Waals surface area contributed by atoms with E-state index in [0.29, 0.717) is 13.0 Å². The average molecular weight is 273 g/mol. The lowest BCUT2D eigenvalue weighted by Gasteiger charge is -2.14. The van der Waals surface area contributed by atoms with Gasteiger partial charge in [-0.25, -0.2) is 4.98 Å². The number of hydrogen-bond acceptors (Lipinski definition) is 3. The first-order chi connectivity index (χ1) is 9.75. The van der Waals surface area contributed by atoms with Gasteiger partial charge in [0.1, 0.15) is 6.04 Å². The number of carboxylic acids is 1. The Balaban J connectivity index is 1.77. The van der Waals surface area contributed by atoms with Crippen molar-refractivity contribution in [2.24, 2.45) is 0 Å². The van der Waals surface area contributed by atoms with E-state index in [0.717, 1.165) is 24.1 Å². The molecule has 0 saturated heterocycles. The van der Waals surface area contributed by atoms with Gasteiger partial charge in [-0.1, -0.05) is 30.3 Å². The van der Waals surface area contributed by atoms with Crippen LogP contribution in [0, 0.1) is 0 Å². The number of nitrogens with zero attached hydrogens (tertiary/aromatic N) is 1. The van der Waals surface area contributed by atoms with Crippen molar-refractivity contribution in [1.82, 2.24) is 15.3 Å². The van der Waals surface area contributed by atoms with Crippen LogP contribution in [0.15, 0.2) is 42.9 Å². The van der Waals surface area contributed by atoms with Crippen LogP contribution >= 0.6 is 0 Å². The molecule has 106 valence electrons. The lowest BCUT2D eigenvalue weighted by molar-refractivity contribution is -0.139. The maximum absolute atomic E-state index is 11.2. The molecule has 1 aromatic heterocycles. The Labute approximate surface area is 118 Å². The third kappa shape index (κ3) is 4.51. The van der Waals surface area contributed by atoms with Crippen LogP contribution in [0.2, 0.25) is 0 Å². The van der Waals surface area contributed by atoms with Crippen LogP contribution in [0.25, 0.3) is 0 Å². The minimum atomic E-state index is -0.803. The summed E-state index contributed by atoms with van der Waals surface area (Å²) in [5, 5.41) is 12.3. The second kappa shape index (κ2) is 7.45. The number of rotatable bonds is 8. The molecule has 0 fully saturated rings. The zero-order chi connectivity index (χ0) is 14.2. The quantitative estimate of drug-likeness (QED) is 0.683. The molecule has 0 aliphatic rings. The minimum Gasteiger partial charge on any atom is -0.480 e. The molecule has 0 bridgehead atoms. The van der Waals surface area contributed by atoms with Crippen molar-refractivity contribution in [1.29, 1.82) is 0 Å². The molecular weight excluding hydrogens is 254 g/mol. The van der Waals surface area contributed by atoms with E-state index in [-0.39, 0.29) is 0 Å². The lowest BCUT2D eigenvalue weighted by Crippen LogP contribution is -2.38. The van der Waals surface area contributed by atoms with Gasteiger partial charge in [0.05, 0.1) is 12.0 Å². The molecule has 0 aliphatic heterocycles. The number of carbonyl (C=O) groups is 1. The summed E-state index contributed by atoms with van der Waals surface area (Å²) < 4.78 is 0. The van der Waals surface area contributed by atoms with E-state index >= 15 is 0 Å². The molecule has 0 amide bonds. The highest BCUT2D eigenvalue weighted by Crippen LogP contribution is 2.05. The monoisotopic (exact) mass is 273 g/mol. The van der Waals surface area contributed by atoms with Gasteiger partial charge in [0.15, 0.2) is 0 Å². The van der Waals surface area contributed by atoms with Crippen molar-refractivity contribution >= 4 is 5.97 Å². The number of aromatic nitrogens is 2. The largest absolute Gasteiger partial charge is 0.480 e. The molecule has 0 spiro atoms. The Kier molecular flexibility index (Phi) is 5.32. The smallest absolute Gasteiger partial charge is 0.320 e. The topological polar surface area (TPSA) is 78.0 Å². The Hall–Kier alpha value is -2.14. The molecule has 0 saturated carbocycles. The van der Waals surface area contributed by atoms with Crippen molar-refractivity contribution in [3.63, 3.8) is 0 Å². The summed E-state index contributed by atoms with van der Waals surface area (Å²) in [6.07, 6.45) is 5.51. The first-order valence-electron chi connectivity index (χ1n) is 6.73. The number of nitrogens with one attached hydrogen (secondary N) is 2. The molecular formula is C15H19N3O2. The predicted molar refractivity (Wildman–Crippen MR) is 76.5 cm³/mol. The van der Waals surface area contributed by atoms with Crippen molar-refractivity contribution in [3.05, 3.63) is 54.1 Å². The second-order valence-corrected chi connectivity index (χ2v) is 4.68. The number of aryl methyl sites for hydroxylation is 1. The summed E-state index contributed by atoms with van der Waals surface area (Å²) in [5.74, 6) is -0.803. The summed E-state index contributed by atoms with van der Waals surface area (Å²) in [4.78, 5) is 18.2. The first-order valence-corrected chi connectivity index (χ1v) is 6.73. The third-order valence-corrected chi connectivity index (χ3v) is 3.19. The van der Waals surface area contributed by atoms with E-state index in [1.165, 1.54) is 0 Å². The molecule has 1 aromatic carbocycles. The molecule has 3 N–H and O–H groups in total. The van der Waals surface area contributed by atoms with Crippen LogP contribution in [0.5, 0.6) is 0 Å². The van der Waals surface area contributed by atoms with Gasteiger partial charge in [-0.05, 0) is 18.4 Å². The van der Waals surface area contributed by atoms with E-state index < -0.39 is 12.0 Å². The van der Waals surface area contributed by atoms with Crippen LogP contribution < -0.4 is 5.32 Å². The molecule has 20 heavy (non-hydrogen) atoms. The summed E-state index contributed by atoms with van der Waals surface area (Å²) in [5.41, 5.74) is 2.09. The van der Waals surface area contributed by atoms with E-state index in [1.807, 2.05) is 36.5 Å². The first kappa shape index (κ1) is 14.3. The summed E-state index contributed by atoms with van der Waals surface area (Å²) in [6, 6.07) is 9.41. The molecule has 1 unspecified atom stereocenters. The molecule has 1 heterocycles. The summed E-state index contributed by atoms with van der Waals surface area (Å²) in [7, 11) is 0. The molecule has 0 radical (unpaired) electrons.